The van der Waals surface area contributed by atoms with Crippen LogP contribution in [0.3, 0.4) is 0 Å². The number of nitrogens with zero attached hydrogens (tertiary/aromatic N) is 6. The molecule has 0 atom stereocenters. The Morgan fingerprint density at radius 2 is 2.04 bits per heavy atom. The van der Waals surface area contributed by atoms with Gasteiger partial charge in [-0.2, -0.15) is 4.52 Å². The number of carbonyl (C=O) groups excluding carboxylic acids is 1. The molecular formula is C17H17FN6OS. The lowest BCUT2D eigenvalue weighted by atomic mass is 10.1. The first kappa shape index (κ1) is 16.8. The number of thioether (sulfide) groups is 1. The van der Waals surface area contributed by atoms with Crippen molar-refractivity contribution in [2.45, 2.75) is 10.9 Å². The number of anilines is 1. The molecule has 0 unspecified atom stereocenters. The summed E-state index contributed by atoms with van der Waals surface area (Å²) >= 11 is 1.42. The van der Waals surface area contributed by atoms with Crippen LogP contribution in [0, 0.1) is 5.82 Å². The quantitative estimate of drug-likeness (QED) is 0.635. The van der Waals surface area contributed by atoms with Crippen LogP contribution in [0.4, 0.5) is 10.2 Å². The molecule has 0 spiro atoms. The topological polar surface area (TPSA) is 66.6 Å². The summed E-state index contributed by atoms with van der Waals surface area (Å²) in [7, 11) is 1.83. The van der Waals surface area contributed by atoms with E-state index < -0.39 is 0 Å². The summed E-state index contributed by atoms with van der Waals surface area (Å²) in [5, 5.41) is 12.2. The third-order valence-electron chi connectivity index (χ3n) is 4.45. The largest absolute Gasteiger partial charge is 0.351 e. The molecular weight excluding hydrogens is 355 g/mol. The molecule has 134 valence electrons. The minimum atomic E-state index is -0.273. The smallest absolute Gasteiger partial charge is 0.233 e. The Hall–Kier alpha value is -2.68. The maximum atomic E-state index is 12.9. The van der Waals surface area contributed by atoms with E-state index in [-0.39, 0.29) is 17.8 Å². The highest BCUT2D eigenvalue weighted by Crippen LogP contribution is 2.23. The molecule has 1 aliphatic rings. The van der Waals surface area contributed by atoms with E-state index >= 15 is 0 Å². The lowest BCUT2D eigenvalue weighted by Gasteiger charge is -2.44. The first-order valence-corrected chi connectivity index (χ1v) is 9.15. The van der Waals surface area contributed by atoms with Crippen molar-refractivity contribution in [3.05, 3.63) is 48.5 Å². The van der Waals surface area contributed by atoms with Crippen molar-refractivity contribution in [2.24, 2.45) is 0 Å². The van der Waals surface area contributed by atoms with Gasteiger partial charge in [0.1, 0.15) is 18.0 Å². The molecule has 26 heavy (non-hydrogen) atoms. The van der Waals surface area contributed by atoms with Gasteiger partial charge in [-0.3, -0.25) is 4.79 Å². The van der Waals surface area contributed by atoms with Gasteiger partial charge in [-0.05, 0) is 36.4 Å². The zero-order valence-electron chi connectivity index (χ0n) is 14.1. The van der Waals surface area contributed by atoms with Gasteiger partial charge in [0.25, 0.3) is 0 Å². The molecule has 2 aromatic heterocycles. The molecule has 1 saturated heterocycles. The first-order chi connectivity index (χ1) is 12.6. The number of hydrogen-bond donors (Lipinski definition) is 0. The van der Waals surface area contributed by atoms with E-state index in [2.05, 4.69) is 20.2 Å². The average molecular weight is 372 g/mol. The van der Waals surface area contributed by atoms with Crippen LogP contribution in [-0.4, -0.2) is 62.6 Å². The number of aromatic nitrogens is 4. The van der Waals surface area contributed by atoms with E-state index in [0.717, 1.165) is 23.8 Å². The number of amides is 1. The van der Waals surface area contributed by atoms with Gasteiger partial charge in [-0.1, -0.05) is 0 Å². The number of benzene rings is 1. The molecule has 0 aliphatic carbocycles. The lowest BCUT2D eigenvalue weighted by Crippen LogP contribution is -2.60. The highest BCUT2D eigenvalue weighted by atomic mass is 32.2. The summed E-state index contributed by atoms with van der Waals surface area (Å²) < 4.78 is 14.6. The van der Waals surface area contributed by atoms with Crippen LogP contribution in [0.5, 0.6) is 0 Å². The molecule has 0 saturated carbocycles. The van der Waals surface area contributed by atoms with Gasteiger partial charge in [0.05, 0.1) is 11.8 Å². The zero-order valence-corrected chi connectivity index (χ0v) is 14.9. The monoisotopic (exact) mass is 372 g/mol. The van der Waals surface area contributed by atoms with Gasteiger partial charge in [0, 0.05) is 25.0 Å². The predicted molar refractivity (Wildman–Crippen MR) is 96.7 cm³/mol. The molecule has 1 amide bonds. The van der Waals surface area contributed by atoms with Crippen LogP contribution in [0.1, 0.15) is 0 Å². The van der Waals surface area contributed by atoms with Crippen molar-refractivity contribution < 1.29 is 9.18 Å². The van der Waals surface area contributed by atoms with E-state index in [1.165, 1.54) is 23.9 Å². The molecule has 0 bridgehead atoms. The Balaban J connectivity index is 1.30. The Bertz CT molecular complexity index is 924. The van der Waals surface area contributed by atoms with E-state index in [0.29, 0.717) is 11.4 Å². The van der Waals surface area contributed by atoms with Crippen molar-refractivity contribution >= 4 is 29.1 Å². The van der Waals surface area contributed by atoms with Gasteiger partial charge in [0.15, 0.2) is 5.65 Å². The molecule has 1 aliphatic heterocycles. The molecule has 0 radical (unpaired) electrons. The van der Waals surface area contributed by atoms with Crippen LogP contribution >= 0.6 is 11.8 Å². The zero-order chi connectivity index (χ0) is 18.1. The summed E-state index contributed by atoms with van der Waals surface area (Å²) in [4.78, 5) is 17.2. The first-order valence-electron chi connectivity index (χ1n) is 8.16. The van der Waals surface area contributed by atoms with Crippen LogP contribution in [0.25, 0.3) is 5.65 Å². The van der Waals surface area contributed by atoms with Crippen molar-refractivity contribution in [3.63, 3.8) is 0 Å². The summed E-state index contributed by atoms with van der Waals surface area (Å²) in [5.41, 5.74) is 0.705. The minimum Gasteiger partial charge on any atom is -0.351 e. The second-order valence-corrected chi connectivity index (χ2v) is 7.18. The van der Waals surface area contributed by atoms with Crippen molar-refractivity contribution in [3.8, 4) is 0 Å². The van der Waals surface area contributed by atoms with Gasteiger partial charge in [-0.15, -0.1) is 27.1 Å². The normalized spacial score (nSPS) is 14.5. The van der Waals surface area contributed by atoms with Gasteiger partial charge in [0.2, 0.25) is 5.91 Å². The maximum Gasteiger partial charge on any atom is 0.233 e. The van der Waals surface area contributed by atoms with E-state index in [9.17, 15) is 9.18 Å². The predicted octanol–water partition coefficient (Wildman–Crippen LogP) is 1.70. The third-order valence-corrected chi connectivity index (χ3v) is 5.45. The Morgan fingerprint density at radius 1 is 1.27 bits per heavy atom. The summed E-state index contributed by atoms with van der Waals surface area (Å²) in [5.74, 6) is 0.968. The Kier molecular flexibility index (Phi) is 4.46. The third kappa shape index (κ3) is 3.34. The lowest BCUT2D eigenvalue weighted by molar-refractivity contribution is -0.129. The van der Waals surface area contributed by atoms with Crippen LogP contribution < -0.4 is 4.90 Å². The Morgan fingerprint density at radius 3 is 2.81 bits per heavy atom. The van der Waals surface area contributed by atoms with Crippen molar-refractivity contribution in [2.75, 3.05) is 30.8 Å². The van der Waals surface area contributed by atoms with Crippen molar-refractivity contribution in [1.29, 1.82) is 0 Å². The van der Waals surface area contributed by atoms with Crippen molar-refractivity contribution in [1.82, 2.24) is 24.7 Å². The number of likely N-dealkylation sites (N-methyl/N-ethyl adjacent to an activating group) is 1. The second kappa shape index (κ2) is 6.91. The van der Waals surface area contributed by atoms with Crippen LogP contribution in [0.2, 0.25) is 0 Å². The number of rotatable bonds is 5. The second-order valence-electron chi connectivity index (χ2n) is 6.13. The molecule has 1 aromatic carbocycles. The average Bonchev–Trinajstić information content (AvgIpc) is 3.07. The van der Waals surface area contributed by atoms with E-state index in [4.69, 9.17) is 0 Å². The molecule has 9 heteroatoms. The van der Waals surface area contributed by atoms with Crippen LogP contribution in [0.15, 0.2) is 47.6 Å². The van der Waals surface area contributed by atoms with E-state index in [1.54, 1.807) is 27.9 Å². The number of carbonyl (C=O) groups is 1. The fraction of sp³-hybridized carbons (Fsp3) is 0.294. The SMILES string of the molecule is CN(C(=O)CSc1ccc(F)cc1)C1CN(c2ccc3nncn3n2)C1. The van der Waals surface area contributed by atoms with Gasteiger partial charge < -0.3 is 9.80 Å². The summed E-state index contributed by atoms with van der Waals surface area (Å²) in [6.45, 7) is 1.48. The van der Waals surface area contributed by atoms with Crippen LogP contribution in [-0.2, 0) is 4.79 Å². The number of fused-ring (bicyclic) bond motifs is 1. The molecule has 1 fully saturated rings. The highest BCUT2D eigenvalue weighted by molar-refractivity contribution is 8.00. The fourth-order valence-electron chi connectivity index (χ4n) is 2.76. The summed E-state index contributed by atoms with van der Waals surface area (Å²) in [6, 6.07) is 10.1. The molecule has 3 heterocycles. The Labute approximate surface area is 153 Å². The van der Waals surface area contributed by atoms with Gasteiger partial charge in [-0.25, -0.2) is 4.39 Å². The van der Waals surface area contributed by atoms with Gasteiger partial charge >= 0.3 is 0 Å². The highest BCUT2D eigenvalue weighted by Gasteiger charge is 2.33. The molecule has 7 nitrogen and oxygen atoms in total. The standard InChI is InChI=1S/C17H17FN6OS/c1-22(17(25)10-26-14-4-2-12(18)3-5-14)13-8-23(9-13)16-7-6-15-20-19-11-24(15)21-16/h2-7,11,13H,8-10H2,1H3. The number of hydrogen-bond acceptors (Lipinski definition) is 6. The minimum absolute atomic E-state index is 0.0613. The molecule has 0 N–H and O–H groups in total. The summed E-state index contributed by atoms with van der Waals surface area (Å²) in [6.07, 6.45) is 1.57. The molecule has 4 rings (SSSR count). The maximum absolute atomic E-state index is 12.9. The fourth-order valence-corrected chi connectivity index (χ4v) is 3.58. The number of halogens is 1. The van der Waals surface area contributed by atoms with E-state index in [1.807, 2.05) is 19.2 Å². The molecule has 3 aromatic rings.